The van der Waals surface area contributed by atoms with Gasteiger partial charge in [0.25, 0.3) is 0 Å². The van der Waals surface area contributed by atoms with Crippen molar-refractivity contribution in [1.29, 1.82) is 0 Å². The Morgan fingerprint density at radius 2 is 1.78 bits per heavy atom. The molecule has 1 heterocycles. The monoisotopic (exact) mass is 385 g/mol. The summed E-state index contributed by atoms with van der Waals surface area (Å²) in [4.78, 5) is 4.54. The lowest BCUT2D eigenvalue weighted by Crippen LogP contribution is -2.24. The summed E-state index contributed by atoms with van der Waals surface area (Å²) < 4.78 is 32.8. The number of benzene rings is 2. The zero-order chi connectivity index (χ0) is 19.6. The molecular formula is C20H23N3O3S. The van der Waals surface area contributed by atoms with Gasteiger partial charge in [0.1, 0.15) is 0 Å². The average Bonchev–Trinajstić information content (AvgIpc) is 3.11. The number of hydrogen-bond acceptors (Lipinski definition) is 5. The van der Waals surface area contributed by atoms with Gasteiger partial charge in [-0.05, 0) is 42.5 Å². The number of hydrogen-bond donors (Lipinski definition) is 1. The summed E-state index contributed by atoms with van der Waals surface area (Å²) in [6.45, 7) is 7.81. The molecule has 0 aliphatic heterocycles. The number of aromatic nitrogens is 2. The third-order valence-corrected chi connectivity index (χ3v) is 5.89. The van der Waals surface area contributed by atoms with E-state index >= 15 is 0 Å². The third-order valence-electron chi connectivity index (χ3n) is 4.35. The Hall–Kier alpha value is -2.51. The SMILES string of the molecule is Cc1ccc(C)c(S(=O)(=O)NCc2nc(-c3ccc(C(C)C)cc3)no2)c1. The van der Waals surface area contributed by atoms with Crippen molar-refractivity contribution in [3.8, 4) is 11.4 Å². The number of nitrogens with zero attached hydrogens (tertiary/aromatic N) is 2. The first-order valence-electron chi connectivity index (χ1n) is 8.76. The molecule has 0 bridgehead atoms. The van der Waals surface area contributed by atoms with Crippen LogP contribution in [0.2, 0.25) is 0 Å². The van der Waals surface area contributed by atoms with E-state index in [-0.39, 0.29) is 17.3 Å². The summed E-state index contributed by atoms with van der Waals surface area (Å²) in [5.41, 5.74) is 3.62. The predicted octanol–water partition coefficient (Wildman–Crippen LogP) is 3.96. The van der Waals surface area contributed by atoms with Gasteiger partial charge in [-0.1, -0.05) is 55.4 Å². The number of sulfonamides is 1. The number of rotatable bonds is 6. The van der Waals surface area contributed by atoms with Crippen LogP contribution in [0.5, 0.6) is 0 Å². The Morgan fingerprint density at radius 3 is 2.44 bits per heavy atom. The lowest BCUT2D eigenvalue weighted by atomic mass is 10.0. The van der Waals surface area contributed by atoms with Crippen LogP contribution >= 0.6 is 0 Å². The normalized spacial score (nSPS) is 11.9. The fraction of sp³-hybridized carbons (Fsp3) is 0.300. The summed E-state index contributed by atoms with van der Waals surface area (Å²) in [5, 5.41) is 3.95. The quantitative estimate of drug-likeness (QED) is 0.694. The summed E-state index contributed by atoms with van der Waals surface area (Å²) in [6.07, 6.45) is 0. The second-order valence-electron chi connectivity index (χ2n) is 6.88. The van der Waals surface area contributed by atoms with Crippen LogP contribution in [-0.2, 0) is 16.6 Å². The molecule has 0 unspecified atom stereocenters. The van der Waals surface area contributed by atoms with Crippen LogP contribution in [0.25, 0.3) is 11.4 Å². The highest BCUT2D eigenvalue weighted by Gasteiger charge is 2.18. The fourth-order valence-corrected chi connectivity index (χ4v) is 3.99. The van der Waals surface area contributed by atoms with Gasteiger partial charge in [-0.2, -0.15) is 4.98 Å². The van der Waals surface area contributed by atoms with Crippen molar-refractivity contribution in [2.45, 2.75) is 45.1 Å². The Labute approximate surface area is 159 Å². The second kappa shape index (κ2) is 7.62. The van der Waals surface area contributed by atoms with Gasteiger partial charge < -0.3 is 4.52 Å². The predicted molar refractivity (Wildman–Crippen MR) is 104 cm³/mol. The van der Waals surface area contributed by atoms with Gasteiger partial charge in [0, 0.05) is 5.56 Å². The summed E-state index contributed by atoms with van der Waals surface area (Å²) >= 11 is 0. The molecule has 0 spiro atoms. The molecule has 0 aliphatic carbocycles. The lowest BCUT2D eigenvalue weighted by molar-refractivity contribution is 0.376. The van der Waals surface area contributed by atoms with Crippen molar-refractivity contribution in [3.63, 3.8) is 0 Å². The fourth-order valence-electron chi connectivity index (χ4n) is 2.69. The number of nitrogens with one attached hydrogen (secondary N) is 1. The van der Waals surface area contributed by atoms with Gasteiger partial charge >= 0.3 is 0 Å². The van der Waals surface area contributed by atoms with Crippen LogP contribution in [0.3, 0.4) is 0 Å². The molecule has 142 valence electrons. The van der Waals surface area contributed by atoms with E-state index in [1.54, 1.807) is 19.1 Å². The minimum Gasteiger partial charge on any atom is -0.338 e. The molecule has 7 heteroatoms. The van der Waals surface area contributed by atoms with Gasteiger partial charge in [-0.3, -0.25) is 0 Å². The van der Waals surface area contributed by atoms with Crippen molar-refractivity contribution in [2.75, 3.05) is 0 Å². The van der Waals surface area contributed by atoms with E-state index in [1.165, 1.54) is 5.56 Å². The van der Waals surface area contributed by atoms with Crippen LogP contribution in [0.1, 0.15) is 42.3 Å². The molecule has 0 aliphatic rings. The van der Waals surface area contributed by atoms with Crippen LogP contribution in [0.15, 0.2) is 51.9 Å². The van der Waals surface area contributed by atoms with Gasteiger partial charge in [-0.25, -0.2) is 13.1 Å². The van der Waals surface area contributed by atoms with Crippen molar-refractivity contribution >= 4 is 10.0 Å². The van der Waals surface area contributed by atoms with Crippen molar-refractivity contribution in [2.24, 2.45) is 0 Å². The molecule has 1 aromatic heterocycles. The molecule has 0 saturated carbocycles. The van der Waals surface area contributed by atoms with E-state index in [9.17, 15) is 8.42 Å². The minimum absolute atomic E-state index is 0.0627. The maximum Gasteiger partial charge on any atom is 0.242 e. The van der Waals surface area contributed by atoms with Crippen molar-refractivity contribution < 1.29 is 12.9 Å². The van der Waals surface area contributed by atoms with Crippen LogP contribution in [0, 0.1) is 13.8 Å². The van der Waals surface area contributed by atoms with E-state index < -0.39 is 10.0 Å². The van der Waals surface area contributed by atoms with Crippen molar-refractivity contribution in [3.05, 3.63) is 65.0 Å². The van der Waals surface area contributed by atoms with Gasteiger partial charge in [0.2, 0.25) is 21.7 Å². The zero-order valence-corrected chi connectivity index (χ0v) is 16.7. The topological polar surface area (TPSA) is 85.1 Å². The summed E-state index contributed by atoms with van der Waals surface area (Å²) in [6, 6.07) is 13.2. The third kappa shape index (κ3) is 4.43. The highest BCUT2D eigenvalue weighted by atomic mass is 32.2. The molecule has 0 amide bonds. The molecule has 0 saturated heterocycles. The first-order chi connectivity index (χ1) is 12.8. The Balaban J connectivity index is 1.73. The summed E-state index contributed by atoms with van der Waals surface area (Å²) in [7, 11) is -3.66. The Kier molecular flexibility index (Phi) is 5.43. The molecular weight excluding hydrogens is 362 g/mol. The number of aryl methyl sites for hydroxylation is 2. The van der Waals surface area contributed by atoms with Crippen LogP contribution in [0.4, 0.5) is 0 Å². The highest BCUT2D eigenvalue weighted by molar-refractivity contribution is 7.89. The van der Waals surface area contributed by atoms with Crippen LogP contribution in [-0.4, -0.2) is 18.6 Å². The van der Waals surface area contributed by atoms with E-state index in [0.29, 0.717) is 17.3 Å². The second-order valence-corrected chi connectivity index (χ2v) is 8.62. The van der Waals surface area contributed by atoms with Gasteiger partial charge in [0.15, 0.2) is 0 Å². The molecule has 6 nitrogen and oxygen atoms in total. The van der Waals surface area contributed by atoms with Gasteiger partial charge in [-0.15, -0.1) is 0 Å². The Bertz CT molecular complexity index is 1040. The molecule has 27 heavy (non-hydrogen) atoms. The first kappa shape index (κ1) is 19.3. The molecule has 1 N–H and O–H groups in total. The standard InChI is InChI=1S/C20H23N3O3S/c1-13(2)16-7-9-17(10-8-16)20-22-19(26-23-20)12-21-27(24,25)18-11-14(3)5-6-15(18)4/h5-11,13,21H,12H2,1-4H3. The average molecular weight is 385 g/mol. The van der Waals surface area contributed by atoms with E-state index in [0.717, 1.165) is 11.1 Å². The Morgan fingerprint density at radius 1 is 1.07 bits per heavy atom. The summed E-state index contributed by atoms with van der Waals surface area (Å²) in [5.74, 6) is 1.09. The lowest BCUT2D eigenvalue weighted by Gasteiger charge is -2.08. The molecule has 0 atom stereocenters. The zero-order valence-electron chi connectivity index (χ0n) is 15.9. The molecule has 3 aromatic rings. The van der Waals surface area contributed by atoms with E-state index in [2.05, 4.69) is 28.7 Å². The molecule has 3 rings (SSSR count). The first-order valence-corrected chi connectivity index (χ1v) is 10.2. The van der Waals surface area contributed by atoms with E-state index in [4.69, 9.17) is 4.52 Å². The van der Waals surface area contributed by atoms with Gasteiger partial charge in [0.05, 0.1) is 11.4 Å². The molecule has 0 fully saturated rings. The maximum absolute atomic E-state index is 12.6. The maximum atomic E-state index is 12.6. The molecule has 0 radical (unpaired) electrons. The largest absolute Gasteiger partial charge is 0.338 e. The molecule has 2 aromatic carbocycles. The smallest absolute Gasteiger partial charge is 0.242 e. The minimum atomic E-state index is -3.66. The highest BCUT2D eigenvalue weighted by Crippen LogP contribution is 2.21. The van der Waals surface area contributed by atoms with Crippen LogP contribution < -0.4 is 4.72 Å². The van der Waals surface area contributed by atoms with Crippen molar-refractivity contribution in [1.82, 2.24) is 14.9 Å². The van der Waals surface area contributed by atoms with E-state index in [1.807, 2.05) is 37.3 Å².